The molecule has 0 radical (unpaired) electrons. The topological polar surface area (TPSA) is 26.3 Å². The molecule has 0 aromatic rings. The van der Waals surface area contributed by atoms with E-state index in [0.717, 1.165) is 24.7 Å². The molecule has 2 fully saturated rings. The Hall–Kier alpha value is -0.370. The quantitative estimate of drug-likeness (QED) is 0.634. The highest BCUT2D eigenvalue weighted by atomic mass is 16.5. The maximum absolute atomic E-state index is 10.7. The van der Waals surface area contributed by atoms with Crippen LogP contribution in [-0.4, -0.2) is 19.5 Å². The Bertz CT molecular complexity index is 202. The summed E-state index contributed by atoms with van der Waals surface area (Å²) >= 11 is 0. The number of fused-ring (bicyclic) bond motifs is 1. The Kier molecular flexibility index (Phi) is 3.22. The third kappa shape index (κ3) is 2.00. The molecule has 2 saturated carbocycles. The number of aldehydes is 1. The second kappa shape index (κ2) is 4.43. The van der Waals surface area contributed by atoms with Crippen LogP contribution in [0.4, 0.5) is 0 Å². The van der Waals surface area contributed by atoms with Crippen LogP contribution in [0.2, 0.25) is 0 Å². The molecule has 80 valence electrons. The van der Waals surface area contributed by atoms with Gasteiger partial charge in [0, 0.05) is 13.0 Å². The van der Waals surface area contributed by atoms with E-state index in [1.54, 1.807) is 0 Å². The largest absolute Gasteiger partial charge is 0.381 e. The number of rotatable bonds is 2. The molecule has 2 aliphatic rings. The summed E-state index contributed by atoms with van der Waals surface area (Å²) in [5.74, 6) is 2.01. The standard InChI is InChI=1S/C12H20O2/c1-14-12-5-4-10-6-9(8-13)2-3-11(10)7-12/h8-12H,2-7H2,1H3. The molecule has 0 bridgehead atoms. The Balaban J connectivity index is 1.91. The van der Waals surface area contributed by atoms with Crippen LogP contribution in [0, 0.1) is 17.8 Å². The zero-order valence-electron chi connectivity index (χ0n) is 8.95. The first-order valence-electron chi connectivity index (χ1n) is 5.81. The molecule has 4 atom stereocenters. The molecule has 2 aliphatic carbocycles. The fraction of sp³-hybridized carbons (Fsp3) is 0.917. The number of carbonyl (C=O) groups is 1. The molecule has 2 heteroatoms. The van der Waals surface area contributed by atoms with Crippen LogP contribution in [0.25, 0.3) is 0 Å². The fourth-order valence-electron chi connectivity index (χ4n) is 3.22. The number of ether oxygens (including phenoxy) is 1. The Morgan fingerprint density at radius 1 is 1.07 bits per heavy atom. The van der Waals surface area contributed by atoms with Gasteiger partial charge in [-0.2, -0.15) is 0 Å². The van der Waals surface area contributed by atoms with Gasteiger partial charge in [-0.1, -0.05) is 0 Å². The molecule has 0 aliphatic heterocycles. The predicted molar refractivity (Wildman–Crippen MR) is 55.0 cm³/mol. The molecular formula is C12H20O2. The van der Waals surface area contributed by atoms with Gasteiger partial charge in [0.25, 0.3) is 0 Å². The highest BCUT2D eigenvalue weighted by molar-refractivity contribution is 5.53. The minimum atomic E-state index is 0.357. The van der Waals surface area contributed by atoms with Crippen molar-refractivity contribution in [1.29, 1.82) is 0 Å². The Morgan fingerprint density at radius 2 is 1.79 bits per heavy atom. The molecule has 0 amide bonds. The van der Waals surface area contributed by atoms with Crippen molar-refractivity contribution < 1.29 is 9.53 Å². The first kappa shape index (κ1) is 10.2. The lowest BCUT2D eigenvalue weighted by Crippen LogP contribution is -2.34. The minimum absolute atomic E-state index is 0.357. The average Bonchev–Trinajstić information content (AvgIpc) is 2.27. The molecule has 14 heavy (non-hydrogen) atoms. The summed E-state index contributed by atoms with van der Waals surface area (Å²) in [5, 5.41) is 0. The maximum atomic E-state index is 10.7. The summed E-state index contributed by atoms with van der Waals surface area (Å²) < 4.78 is 5.42. The SMILES string of the molecule is COC1CCC2CC(C=O)CCC2C1. The van der Waals surface area contributed by atoms with Crippen molar-refractivity contribution in [2.75, 3.05) is 7.11 Å². The molecule has 0 aromatic carbocycles. The lowest BCUT2D eigenvalue weighted by molar-refractivity contribution is -0.113. The molecule has 4 unspecified atom stereocenters. The molecular weight excluding hydrogens is 176 g/mol. The number of hydrogen-bond donors (Lipinski definition) is 0. The van der Waals surface area contributed by atoms with Crippen LogP contribution in [0.3, 0.4) is 0 Å². The fourth-order valence-corrected chi connectivity index (χ4v) is 3.22. The number of methoxy groups -OCH3 is 1. The van der Waals surface area contributed by atoms with E-state index >= 15 is 0 Å². The number of hydrogen-bond acceptors (Lipinski definition) is 2. The zero-order valence-corrected chi connectivity index (χ0v) is 8.95. The van der Waals surface area contributed by atoms with Crippen molar-refractivity contribution in [1.82, 2.24) is 0 Å². The van der Waals surface area contributed by atoms with Gasteiger partial charge in [-0.3, -0.25) is 0 Å². The van der Waals surface area contributed by atoms with Crippen molar-refractivity contribution >= 4 is 6.29 Å². The van der Waals surface area contributed by atoms with Crippen molar-refractivity contribution in [3.63, 3.8) is 0 Å². The monoisotopic (exact) mass is 196 g/mol. The van der Waals surface area contributed by atoms with Gasteiger partial charge < -0.3 is 9.53 Å². The van der Waals surface area contributed by atoms with E-state index in [1.165, 1.54) is 32.0 Å². The van der Waals surface area contributed by atoms with E-state index in [0.29, 0.717) is 12.0 Å². The first-order chi connectivity index (χ1) is 6.83. The normalized spacial score (nSPS) is 42.9. The summed E-state index contributed by atoms with van der Waals surface area (Å²) in [6.45, 7) is 0. The van der Waals surface area contributed by atoms with E-state index in [9.17, 15) is 4.79 Å². The number of carbonyl (C=O) groups excluding carboxylic acids is 1. The third-order valence-electron chi connectivity index (χ3n) is 4.13. The maximum Gasteiger partial charge on any atom is 0.123 e. The Morgan fingerprint density at radius 3 is 2.50 bits per heavy atom. The minimum Gasteiger partial charge on any atom is -0.381 e. The van der Waals surface area contributed by atoms with Crippen molar-refractivity contribution in [3.05, 3.63) is 0 Å². The van der Waals surface area contributed by atoms with E-state index < -0.39 is 0 Å². The second-order valence-corrected chi connectivity index (χ2v) is 4.90. The predicted octanol–water partition coefficient (Wildman–Crippen LogP) is 2.42. The summed E-state index contributed by atoms with van der Waals surface area (Å²) in [6.07, 6.45) is 8.85. The van der Waals surface area contributed by atoms with Crippen LogP contribution < -0.4 is 0 Å². The van der Waals surface area contributed by atoms with E-state index in [-0.39, 0.29) is 0 Å². The molecule has 0 N–H and O–H groups in total. The van der Waals surface area contributed by atoms with Crippen molar-refractivity contribution in [3.8, 4) is 0 Å². The van der Waals surface area contributed by atoms with Gasteiger partial charge in [-0.15, -0.1) is 0 Å². The lowest BCUT2D eigenvalue weighted by atomic mass is 9.67. The van der Waals surface area contributed by atoms with Gasteiger partial charge in [-0.05, 0) is 50.4 Å². The van der Waals surface area contributed by atoms with E-state index in [1.807, 2.05) is 7.11 Å². The van der Waals surface area contributed by atoms with Crippen molar-refractivity contribution in [2.24, 2.45) is 17.8 Å². The summed E-state index contributed by atoms with van der Waals surface area (Å²) in [6, 6.07) is 0. The molecule has 2 rings (SSSR count). The van der Waals surface area contributed by atoms with Gasteiger partial charge >= 0.3 is 0 Å². The van der Waals surface area contributed by atoms with E-state index in [4.69, 9.17) is 4.74 Å². The molecule has 0 saturated heterocycles. The molecule has 0 spiro atoms. The zero-order chi connectivity index (χ0) is 9.97. The van der Waals surface area contributed by atoms with Crippen LogP contribution >= 0.6 is 0 Å². The molecule has 0 heterocycles. The van der Waals surface area contributed by atoms with Crippen LogP contribution in [0.5, 0.6) is 0 Å². The molecule has 2 nitrogen and oxygen atoms in total. The van der Waals surface area contributed by atoms with Crippen molar-refractivity contribution in [2.45, 2.75) is 44.6 Å². The average molecular weight is 196 g/mol. The second-order valence-electron chi connectivity index (χ2n) is 4.90. The molecule has 0 aromatic heterocycles. The lowest BCUT2D eigenvalue weighted by Gasteiger charge is -2.40. The smallest absolute Gasteiger partial charge is 0.123 e. The highest BCUT2D eigenvalue weighted by Gasteiger charge is 2.35. The first-order valence-corrected chi connectivity index (χ1v) is 5.81. The van der Waals surface area contributed by atoms with Gasteiger partial charge in [-0.25, -0.2) is 0 Å². The van der Waals surface area contributed by atoms with Crippen LogP contribution in [0.15, 0.2) is 0 Å². The van der Waals surface area contributed by atoms with Gasteiger partial charge in [0.2, 0.25) is 0 Å². The van der Waals surface area contributed by atoms with E-state index in [2.05, 4.69) is 0 Å². The van der Waals surface area contributed by atoms with Gasteiger partial charge in [0.05, 0.1) is 6.10 Å². The summed E-state index contributed by atoms with van der Waals surface area (Å²) in [5.41, 5.74) is 0. The van der Waals surface area contributed by atoms with Gasteiger partial charge in [0.1, 0.15) is 6.29 Å². The summed E-state index contributed by atoms with van der Waals surface area (Å²) in [4.78, 5) is 10.7. The third-order valence-corrected chi connectivity index (χ3v) is 4.13. The Labute approximate surface area is 86.0 Å². The van der Waals surface area contributed by atoms with Crippen LogP contribution in [-0.2, 0) is 9.53 Å². The van der Waals surface area contributed by atoms with Gasteiger partial charge in [0.15, 0.2) is 0 Å². The highest BCUT2D eigenvalue weighted by Crippen LogP contribution is 2.42. The van der Waals surface area contributed by atoms with Crippen LogP contribution in [0.1, 0.15) is 38.5 Å². The summed E-state index contributed by atoms with van der Waals surface area (Å²) in [7, 11) is 1.82.